The Labute approximate surface area is 95.3 Å². The molecule has 0 saturated carbocycles. The van der Waals surface area contributed by atoms with E-state index < -0.39 is 0 Å². The third-order valence-corrected chi connectivity index (χ3v) is 2.46. The van der Waals surface area contributed by atoms with Crippen LogP contribution < -0.4 is 5.32 Å². The number of nitrogens with zero attached hydrogens (tertiary/aromatic N) is 2. The van der Waals surface area contributed by atoms with Crippen LogP contribution in [-0.4, -0.2) is 9.78 Å². The summed E-state index contributed by atoms with van der Waals surface area (Å²) in [4.78, 5) is 0. The van der Waals surface area contributed by atoms with Crippen LogP contribution in [0.2, 0.25) is 0 Å². The maximum Gasteiger partial charge on any atom is 0.124 e. The summed E-state index contributed by atoms with van der Waals surface area (Å²) in [7, 11) is 1.95. The van der Waals surface area contributed by atoms with E-state index in [9.17, 15) is 0 Å². The molecule has 16 heavy (non-hydrogen) atoms. The minimum Gasteiger partial charge on any atom is -0.467 e. The van der Waals surface area contributed by atoms with Crippen LogP contribution in [0.5, 0.6) is 0 Å². The third kappa shape index (κ3) is 2.45. The molecule has 0 amide bonds. The number of aryl methyl sites for hydroxylation is 2. The van der Waals surface area contributed by atoms with Gasteiger partial charge in [-0.1, -0.05) is 13.3 Å². The summed E-state index contributed by atoms with van der Waals surface area (Å²) in [6.45, 7) is 2.85. The van der Waals surface area contributed by atoms with E-state index in [4.69, 9.17) is 4.42 Å². The van der Waals surface area contributed by atoms with E-state index in [-0.39, 0.29) is 0 Å². The zero-order valence-electron chi connectivity index (χ0n) is 9.73. The van der Waals surface area contributed by atoms with Crippen molar-refractivity contribution < 1.29 is 4.42 Å². The first-order valence-electron chi connectivity index (χ1n) is 5.58. The van der Waals surface area contributed by atoms with Crippen molar-refractivity contribution in [1.29, 1.82) is 0 Å². The van der Waals surface area contributed by atoms with Crippen molar-refractivity contribution in [2.45, 2.75) is 26.3 Å². The normalized spacial score (nSPS) is 10.6. The highest BCUT2D eigenvalue weighted by Crippen LogP contribution is 2.12. The van der Waals surface area contributed by atoms with Gasteiger partial charge in [-0.05, 0) is 18.6 Å². The van der Waals surface area contributed by atoms with E-state index in [1.54, 1.807) is 6.26 Å². The molecule has 4 heteroatoms. The van der Waals surface area contributed by atoms with Crippen LogP contribution >= 0.6 is 0 Å². The maximum atomic E-state index is 5.26. The van der Waals surface area contributed by atoms with E-state index in [0.717, 1.165) is 30.1 Å². The van der Waals surface area contributed by atoms with Crippen LogP contribution in [0.3, 0.4) is 0 Å². The topological polar surface area (TPSA) is 43.0 Å². The Bertz CT molecular complexity index is 431. The van der Waals surface area contributed by atoms with Crippen LogP contribution in [0.25, 0.3) is 0 Å². The summed E-state index contributed by atoms with van der Waals surface area (Å²) in [6, 6.07) is 5.94. The highest BCUT2D eigenvalue weighted by Gasteiger charge is 2.04. The summed E-state index contributed by atoms with van der Waals surface area (Å²) in [5.74, 6) is 1.96. The highest BCUT2D eigenvalue weighted by atomic mass is 16.3. The van der Waals surface area contributed by atoms with Gasteiger partial charge in [0.05, 0.1) is 18.5 Å². The first-order chi connectivity index (χ1) is 7.79. The van der Waals surface area contributed by atoms with Gasteiger partial charge in [0.25, 0.3) is 0 Å². The van der Waals surface area contributed by atoms with E-state index >= 15 is 0 Å². The molecular formula is C12H17N3O. The van der Waals surface area contributed by atoms with Crippen molar-refractivity contribution in [2.24, 2.45) is 7.05 Å². The summed E-state index contributed by atoms with van der Waals surface area (Å²) in [6.07, 6.45) is 3.83. The zero-order chi connectivity index (χ0) is 11.4. The monoisotopic (exact) mass is 219 g/mol. The Balaban J connectivity index is 1.98. The molecule has 0 aliphatic carbocycles. The Morgan fingerprint density at radius 2 is 2.38 bits per heavy atom. The molecule has 2 heterocycles. The lowest BCUT2D eigenvalue weighted by molar-refractivity contribution is 0.517. The number of furan rings is 1. The Morgan fingerprint density at radius 1 is 1.50 bits per heavy atom. The van der Waals surface area contributed by atoms with Gasteiger partial charge in [0.2, 0.25) is 0 Å². The second kappa shape index (κ2) is 4.88. The van der Waals surface area contributed by atoms with Gasteiger partial charge in [0, 0.05) is 13.1 Å². The first-order valence-corrected chi connectivity index (χ1v) is 5.58. The standard InChI is InChI=1S/C12H17N3O/c1-3-5-10-8-12(15(2)14-10)13-9-11-6-4-7-16-11/h4,6-8,13H,3,5,9H2,1-2H3. The van der Waals surface area contributed by atoms with Gasteiger partial charge in [0.15, 0.2) is 0 Å². The molecule has 0 aliphatic rings. The molecule has 86 valence electrons. The van der Waals surface area contributed by atoms with Gasteiger partial charge in [-0.2, -0.15) is 5.10 Å². The fourth-order valence-corrected chi connectivity index (χ4v) is 1.66. The first kappa shape index (κ1) is 10.8. The lowest BCUT2D eigenvalue weighted by Crippen LogP contribution is -2.03. The molecule has 0 spiro atoms. The lowest BCUT2D eigenvalue weighted by Gasteiger charge is -2.03. The average Bonchev–Trinajstić information content (AvgIpc) is 2.86. The molecule has 0 atom stereocenters. The molecule has 0 radical (unpaired) electrons. The van der Waals surface area contributed by atoms with Crippen molar-refractivity contribution >= 4 is 5.82 Å². The molecule has 1 N–H and O–H groups in total. The molecular weight excluding hydrogens is 202 g/mol. The molecule has 4 nitrogen and oxygen atoms in total. The van der Waals surface area contributed by atoms with Crippen LogP contribution in [0.15, 0.2) is 28.9 Å². The molecule has 2 aromatic rings. The van der Waals surface area contributed by atoms with E-state index in [2.05, 4.69) is 23.4 Å². The number of rotatable bonds is 5. The molecule has 0 aliphatic heterocycles. The van der Waals surface area contributed by atoms with Crippen molar-refractivity contribution in [1.82, 2.24) is 9.78 Å². The van der Waals surface area contributed by atoms with E-state index in [1.165, 1.54) is 0 Å². The predicted molar refractivity (Wildman–Crippen MR) is 63.2 cm³/mol. The lowest BCUT2D eigenvalue weighted by atomic mass is 10.2. The minimum atomic E-state index is 0.693. The predicted octanol–water partition coefficient (Wildman–Crippen LogP) is 2.58. The van der Waals surface area contributed by atoms with Crippen LogP contribution in [0.4, 0.5) is 5.82 Å². The smallest absolute Gasteiger partial charge is 0.124 e. The largest absolute Gasteiger partial charge is 0.467 e. The summed E-state index contributed by atoms with van der Waals surface area (Å²) in [5, 5.41) is 7.72. The Hall–Kier alpha value is -1.71. The number of hydrogen-bond acceptors (Lipinski definition) is 3. The summed E-state index contributed by atoms with van der Waals surface area (Å²) >= 11 is 0. The SMILES string of the molecule is CCCc1cc(NCc2ccco2)n(C)n1. The molecule has 2 aromatic heterocycles. The average molecular weight is 219 g/mol. The van der Waals surface area contributed by atoms with Gasteiger partial charge in [-0.3, -0.25) is 4.68 Å². The molecule has 0 unspecified atom stereocenters. The van der Waals surface area contributed by atoms with Crippen molar-refractivity contribution in [3.05, 3.63) is 35.9 Å². The van der Waals surface area contributed by atoms with E-state index in [1.807, 2.05) is 23.9 Å². The van der Waals surface area contributed by atoms with Gasteiger partial charge in [0.1, 0.15) is 11.6 Å². The number of anilines is 1. The van der Waals surface area contributed by atoms with Crippen LogP contribution in [0, 0.1) is 0 Å². The molecule has 0 fully saturated rings. The minimum absolute atomic E-state index is 0.693. The number of hydrogen-bond donors (Lipinski definition) is 1. The second-order valence-corrected chi connectivity index (χ2v) is 3.83. The highest BCUT2D eigenvalue weighted by molar-refractivity contribution is 5.37. The van der Waals surface area contributed by atoms with Gasteiger partial charge >= 0.3 is 0 Å². The van der Waals surface area contributed by atoms with Gasteiger partial charge < -0.3 is 9.73 Å². The number of nitrogens with one attached hydrogen (secondary N) is 1. The molecule has 2 rings (SSSR count). The summed E-state index contributed by atoms with van der Waals surface area (Å²) in [5.41, 5.74) is 1.13. The maximum absolute atomic E-state index is 5.26. The Morgan fingerprint density at radius 3 is 3.06 bits per heavy atom. The molecule has 0 bridgehead atoms. The summed E-state index contributed by atoms with van der Waals surface area (Å²) < 4.78 is 7.13. The zero-order valence-corrected chi connectivity index (χ0v) is 9.73. The molecule has 0 saturated heterocycles. The van der Waals surface area contributed by atoms with Crippen molar-refractivity contribution in [2.75, 3.05) is 5.32 Å². The Kier molecular flexibility index (Phi) is 3.29. The van der Waals surface area contributed by atoms with Crippen LogP contribution in [0.1, 0.15) is 24.8 Å². The van der Waals surface area contributed by atoms with Gasteiger partial charge in [-0.25, -0.2) is 0 Å². The number of aromatic nitrogens is 2. The van der Waals surface area contributed by atoms with Crippen molar-refractivity contribution in [3.63, 3.8) is 0 Å². The third-order valence-electron chi connectivity index (χ3n) is 2.46. The fraction of sp³-hybridized carbons (Fsp3) is 0.417. The van der Waals surface area contributed by atoms with Crippen LogP contribution in [-0.2, 0) is 20.0 Å². The quantitative estimate of drug-likeness (QED) is 0.840. The second-order valence-electron chi connectivity index (χ2n) is 3.83. The molecule has 0 aromatic carbocycles. The van der Waals surface area contributed by atoms with Crippen molar-refractivity contribution in [3.8, 4) is 0 Å². The fourth-order valence-electron chi connectivity index (χ4n) is 1.66. The van der Waals surface area contributed by atoms with Gasteiger partial charge in [-0.15, -0.1) is 0 Å². The van der Waals surface area contributed by atoms with E-state index in [0.29, 0.717) is 6.54 Å².